The smallest absolute Gasteiger partial charge is 0.418 e. The van der Waals surface area contributed by atoms with Crippen molar-refractivity contribution in [2.75, 3.05) is 0 Å². The van der Waals surface area contributed by atoms with Crippen molar-refractivity contribution < 1.29 is 4.42 Å². The van der Waals surface area contributed by atoms with Crippen molar-refractivity contribution >= 4 is 0 Å². The fraction of sp³-hybridized carbons (Fsp3) is 0. The summed E-state index contributed by atoms with van der Waals surface area (Å²) in [5.41, 5.74) is -0.443. The summed E-state index contributed by atoms with van der Waals surface area (Å²) < 4.78 is 4.20. The van der Waals surface area contributed by atoms with Gasteiger partial charge in [-0.2, -0.15) is 0 Å². The van der Waals surface area contributed by atoms with Crippen LogP contribution >= 0.6 is 0 Å². The molecular weight excluding hydrogens is 110 g/mol. The molecule has 0 saturated heterocycles. The number of aromatic amines is 1. The van der Waals surface area contributed by atoms with Crippen LogP contribution in [0.15, 0.2) is 26.3 Å². The minimum Gasteiger partial charge on any atom is -0.418 e. The zero-order valence-electron chi connectivity index (χ0n) is 3.88. The lowest BCUT2D eigenvalue weighted by Crippen LogP contribution is -2.15. The quantitative estimate of drug-likeness (QED) is 0.485. The highest BCUT2D eigenvalue weighted by Gasteiger charge is 1.80. The third-order valence-corrected chi connectivity index (χ3v) is 0.620. The predicted octanol–water partition coefficient (Wildman–Crippen LogP) is -0.672. The van der Waals surface area contributed by atoms with Crippen LogP contribution in [0, 0.1) is 0 Å². The first-order valence-corrected chi connectivity index (χ1v) is 1.97. The summed E-state index contributed by atoms with van der Waals surface area (Å²) in [6.45, 7) is 0. The third-order valence-electron chi connectivity index (χ3n) is 0.620. The SMILES string of the molecule is O=c1ccoc(=O)[nH]1. The van der Waals surface area contributed by atoms with Crippen LogP contribution in [0.25, 0.3) is 0 Å². The molecule has 1 heterocycles. The topological polar surface area (TPSA) is 63.1 Å². The van der Waals surface area contributed by atoms with Gasteiger partial charge in [0.05, 0.1) is 0 Å². The van der Waals surface area contributed by atoms with Gasteiger partial charge in [-0.15, -0.1) is 0 Å². The normalized spacial score (nSPS) is 9.00. The van der Waals surface area contributed by atoms with E-state index in [1.165, 1.54) is 0 Å². The number of aromatic nitrogens is 1. The fourth-order valence-corrected chi connectivity index (χ4v) is 0.329. The summed E-state index contributed by atoms with van der Waals surface area (Å²) >= 11 is 0. The summed E-state index contributed by atoms with van der Waals surface area (Å²) in [7, 11) is 0. The second-order valence-corrected chi connectivity index (χ2v) is 1.20. The average Bonchev–Trinajstić information content (AvgIpc) is 1.64. The van der Waals surface area contributed by atoms with Crippen molar-refractivity contribution in [3.63, 3.8) is 0 Å². The van der Waals surface area contributed by atoms with Crippen LogP contribution in [-0.2, 0) is 0 Å². The standard InChI is InChI=1S/C4H3NO3/c6-3-1-2-8-4(7)5-3/h1-2H,(H,5,6,7). The molecule has 0 saturated carbocycles. The van der Waals surface area contributed by atoms with E-state index in [2.05, 4.69) is 4.42 Å². The van der Waals surface area contributed by atoms with Crippen molar-refractivity contribution in [1.82, 2.24) is 4.98 Å². The van der Waals surface area contributed by atoms with Gasteiger partial charge in [-0.05, 0) is 0 Å². The molecule has 8 heavy (non-hydrogen) atoms. The molecule has 0 aromatic carbocycles. The molecule has 1 rings (SSSR count). The van der Waals surface area contributed by atoms with Crippen LogP contribution in [0.5, 0.6) is 0 Å². The number of nitrogens with one attached hydrogen (secondary N) is 1. The molecule has 4 nitrogen and oxygen atoms in total. The van der Waals surface area contributed by atoms with Crippen molar-refractivity contribution in [1.29, 1.82) is 0 Å². The molecule has 0 amide bonds. The highest BCUT2D eigenvalue weighted by atomic mass is 16.4. The number of hydrogen-bond donors (Lipinski definition) is 1. The van der Waals surface area contributed by atoms with Gasteiger partial charge < -0.3 is 4.42 Å². The maximum absolute atomic E-state index is 10.2. The molecule has 1 aromatic heterocycles. The Morgan fingerprint density at radius 2 is 2.25 bits per heavy atom. The zero-order valence-corrected chi connectivity index (χ0v) is 3.88. The first-order valence-electron chi connectivity index (χ1n) is 1.97. The molecule has 0 spiro atoms. The van der Waals surface area contributed by atoms with Gasteiger partial charge in [-0.25, -0.2) is 4.79 Å². The molecular formula is C4H3NO3. The van der Waals surface area contributed by atoms with Gasteiger partial charge in [-0.1, -0.05) is 0 Å². The van der Waals surface area contributed by atoms with Crippen LogP contribution in [0.4, 0.5) is 0 Å². The molecule has 0 fully saturated rings. The summed E-state index contributed by atoms with van der Waals surface area (Å²) in [4.78, 5) is 22.1. The van der Waals surface area contributed by atoms with Crippen molar-refractivity contribution in [2.24, 2.45) is 0 Å². The van der Waals surface area contributed by atoms with Crippen LogP contribution in [0.1, 0.15) is 0 Å². The zero-order chi connectivity index (χ0) is 5.98. The summed E-state index contributed by atoms with van der Waals surface area (Å²) in [5.74, 6) is -0.725. The van der Waals surface area contributed by atoms with E-state index in [4.69, 9.17) is 0 Å². The van der Waals surface area contributed by atoms with E-state index in [0.717, 1.165) is 12.3 Å². The molecule has 1 N–H and O–H groups in total. The third kappa shape index (κ3) is 0.841. The molecule has 1 aromatic rings. The van der Waals surface area contributed by atoms with Gasteiger partial charge in [0, 0.05) is 6.07 Å². The van der Waals surface area contributed by atoms with Gasteiger partial charge in [-0.3, -0.25) is 9.78 Å². The van der Waals surface area contributed by atoms with Crippen molar-refractivity contribution in [2.45, 2.75) is 0 Å². The fourth-order valence-electron chi connectivity index (χ4n) is 0.329. The summed E-state index contributed by atoms with van der Waals surface area (Å²) in [5, 5.41) is 0. The Kier molecular flexibility index (Phi) is 0.997. The van der Waals surface area contributed by atoms with Gasteiger partial charge in [0.2, 0.25) is 0 Å². The van der Waals surface area contributed by atoms with Crippen LogP contribution in [0.2, 0.25) is 0 Å². The lowest BCUT2D eigenvalue weighted by molar-refractivity contribution is 0.479. The predicted molar refractivity (Wildman–Crippen MR) is 25.6 cm³/mol. The van der Waals surface area contributed by atoms with Crippen molar-refractivity contribution in [3.05, 3.63) is 33.2 Å². The second kappa shape index (κ2) is 1.65. The van der Waals surface area contributed by atoms with Gasteiger partial charge in [0.25, 0.3) is 5.56 Å². The molecule has 0 aliphatic rings. The Morgan fingerprint density at radius 1 is 1.50 bits per heavy atom. The first-order chi connectivity index (χ1) is 3.79. The Morgan fingerprint density at radius 3 is 2.62 bits per heavy atom. The van der Waals surface area contributed by atoms with Crippen LogP contribution in [-0.4, -0.2) is 4.98 Å². The minimum absolute atomic E-state index is 0.443. The highest BCUT2D eigenvalue weighted by molar-refractivity contribution is 4.73. The molecule has 42 valence electrons. The largest absolute Gasteiger partial charge is 0.418 e. The summed E-state index contributed by atoms with van der Waals surface area (Å²) in [6.07, 6.45) is 1.04. The molecule has 0 atom stereocenters. The maximum Gasteiger partial charge on any atom is 0.418 e. The van der Waals surface area contributed by atoms with E-state index in [1.807, 2.05) is 4.98 Å². The lowest BCUT2D eigenvalue weighted by Gasteiger charge is -1.74. The van der Waals surface area contributed by atoms with E-state index >= 15 is 0 Å². The number of rotatable bonds is 0. The molecule has 0 aliphatic carbocycles. The molecule has 0 unspecified atom stereocenters. The number of H-pyrrole nitrogens is 1. The van der Waals surface area contributed by atoms with E-state index < -0.39 is 11.3 Å². The second-order valence-electron chi connectivity index (χ2n) is 1.20. The monoisotopic (exact) mass is 113 g/mol. The van der Waals surface area contributed by atoms with Gasteiger partial charge in [0.15, 0.2) is 0 Å². The Bertz CT molecular complexity index is 246. The minimum atomic E-state index is -0.725. The Balaban J connectivity index is 3.50. The van der Waals surface area contributed by atoms with E-state index in [9.17, 15) is 9.59 Å². The highest BCUT2D eigenvalue weighted by Crippen LogP contribution is 1.59. The first kappa shape index (κ1) is 4.83. The van der Waals surface area contributed by atoms with Gasteiger partial charge in [0.1, 0.15) is 6.26 Å². The molecule has 0 radical (unpaired) electrons. The Hall–Kier alpha value is -1.32. The van der Waals surface area contributed by atoms with E-state index in [1.54, 1.807) is 0 Å². The molecule has 0 aliphatic heterocycles. The number of hydrogen-bond acceptors (Lipinski definition) is 3. The van der Waals surface area contributed by atoms with Crippen LogP contribution in [0.3, 0.4) is 0 Å². The molecule has 0 bridgehead atoms. The summed E-state index contributed by atoms with van der Waals surface area (Å²) in [6, 6.07) is 1.13. The van der Waals surface area contributed by atoms with Crippen LogP contribution < -0.4 is 11.3 Å². The van der Waals surface area contributed by atoms with Crippen molar-refractivity contribution in [3.8, 4) is 0 Å². The maximum atomic E-state index is 10.2. The Labute approximate surface area is 43.8 Å². The average molecular weight is 113 g/mol. The molecule has 4 heteroatoms. The van der Waals surface area contributed by atoms with Gasteiger partial charge >= 0.3 is 5.76 Å². The van der Waals surface area contributed by atoms with E-state index in [0.29, 0.717) is 0 Å². The van der Waals surface area contributed by atoms with E-state index in [-0.39, 0.29) is 0 Å². The lowest BCUT2D eigenvalue weighted by atomic mass is 10.7.